The number of piperidine rings is 1. The number of ether oxygens (including phenoxy) is 2. The van der Waals surface area contributed by atoms with Crippen LogP contribution in [0.4, 0.5) is 5.13 Å². The second kappa shape index (κ2) is 8.57. The Bertz CT molecular complexity index is 546. The van der Waals surface area contributed by atoms with Gasteiger partial charge >= 0.3 is 5.97 Å². The van der Waals surface area contributed by atoms with Crippen molar-refractivity contribution in [1.29, 1.82) is 0 Å². The first-order valence-electron chi connectivity index (χ1n) is 7.29. The Morgan fingerprint density at radius 3 is 2.78 bits per heavy atom. The van der Waals surface area contributed by atoms with Crippen LogP contribution < -0.4 is 10.6 Å². The Labute approximate surface area is 142 Å². The number of nitrogens with one attached hydrogen (secondary N) is 2. The molecule has 1 aliphatic rings. The summed E-state index contributed by atoms with van der Waals surface area (Å²) in [5.41, 5.74) is -0.824. The zero-order chi connectivity index (χ0) is 16.7. The Hall–Kier alpha value is -1.23. The average Bonchev–Trinajstić information content (AvgIpc) is 3.01. The third-order valence-electron chi connectivity index (χ3n) is 3.46. The van der Waals surface area contributed by atoms with Gasteiger partial charge in [0, 0.05) is 7.11 Å². The van der Waals surface area contributed by atoms with E-state index < -0.39 is 5.60 Å². The number of nitrogens with zero attached hydrogens (tertiary/aromatic N) is 2. The molecular weight excluding hydrogens is 340 g/mol. The first-order valence-corrected chi connectivity index (χ1v) is 9.09. The van der Waals surface area contributed by atoms with Crippen LogP contribution in [0.2, 0.25) is 0 Å². The monoisotopic (exact) mass is 360 g/mol. The Morgan fingerprint density at radius 2 is 2.13 bits per heavy atom. The number of thioether (sulfide) groups is 1. The minimum Gasteiger partial charge on any atom is -0.465 e. The molecule has 2 N–H and O–H groups in total. The molecule has 1 aliphatic heterocycles. The van der Waals surface area contributed by atoms with Crippen molar-refractivity contribution in [3.8, 4) is 0 Å². The summed E-state index contributed by atoms with van der Waals surface area (Å²) in [4.78, 5) is 23.8. The predicted octanol–water partition coefficient (Wildman–Crippen LogP) is 0.900. The van der Waals surface area contributed by atoms with E-state index in [4.69, 9.17) is 9.47 Å². The van der Waals surface area contributed by atoms with Crippen LogP contribution in [0.3, 0.4) is 0 Å². The highest BCUT2D eigenvalue weighted by Crippen LogP contribution is 2.28. The molecule has 1 amide bonds. The Kier molecular flexibility index (Phi) is 6.75. The second-order valence-corrected chi connectivity index (χ2v) is 7.07. The van der Waals surface area contributed by atoms with Gasteiger partial charge in [-0.25, -0.2) is 0 Å². The average molecular weight is 360 g/mol. The molecule has 10 heteroatoms. The highest BCUT2D eigenvalue weighted by Gasteiger charge is 2.40. The van der Waals surface area contributed by atoms with Crippen LogP contribution >= 0.6 is 23.1 Å². The number of anilines is 1. The van der Waals surface area contributed by atoms with Crippen molar-refractivity contribution in [3.63, 3.8) is 0 Å². The summed E-state index contributed by atoms with van der Waals surface area (Å²) in [5.74, 6) is -0.338. The molecule has 2 rings (SSSR count). The first-order chi connectivity index (χ1) is 11.1. The fourth-order valence-electron chi connectivity index (χ4n) is 2.21. The summed E-state index contributed by atoms with van der Waals surface area (Å²) in [6.07, 6.45) is 1.22. The SMILES string of the molecule is CCOC(=O)CSc1nnc(NC(=O)C2(OC)CCNCC2)s1. The van der Waals surface area contributed by atoms with Crippen LogP contribution in [0.5, 0.6) is 0 Å². The van der Waals surface area contributed by atoms with E-state index in [0.29, 0.717) is 28.9 Å². The zero-order valence-corrected chi connectivity index (χ0v) is 14.7. The van der Waals surface area contributed by atoms with Gasteiger partial charge in [-0.2, -0.15) is 0 Å². The summed E-state index contributed by atoms with van der Waals surface area (Å²) in [5, 5.41) is 14.2. The molecule has 0 aliphatic carbocycles. The minimum absolute atomic E-state index is 0.171. The molecule has 0 spiro atoms. The maximum absolute atomic E-state index is 12.5. The molecule has 8 nitrogen and oxygen atoms in total. The fraction of sp³-hybridized carbons (Fsp3) is 0.692. The molecule has 1 aromatic heterocycles. The lowest BCUT2D eigenvalue weighted by Crippen LogP contribution is -2.51. The third-order valence-corrected chi connectivity index (χ3v) is 5.41. The molecular formula is C13H20N4O4S2. The molecule has 1 fully saturated rings. The molecule has 0 bridgehead atoms. The third kappa shape index (κ3) is 4.87. The molecule has 1 saturated heterocycles. The van der Waals surface area contributed by atoms with Gasteiger partial charge in [-0.15, -0.1) is 10.2 Å². The number of aromatic nitrogens is 2. The number of hydrogen-bond acceptors (Lipinski definition) is 9. The van der Waals surface area contributed by atoms with Crippen LogP contribution in [-0.4, -0.2) is 60.2 Å². The number of rotatable bonds is 7. The lowest BCUT2D eigenvalue weighted by molar-refractivity contribution is -0.141. The van der Waals surface area contributed by atoms with Gasteiger partial charge < -0.3 is 14.8 Å². The van der Waals surface area contributed by atoms with Gasteiger partial charge in [0.2, 0.25) is 5.13 Å². The predicted molar refractivity (Wildman–Crippen MR) is 87.7 cm³/mol. The van der Waals surface area contributed by atoms with Crippen LogP contribution in [0.15, 0.2) is 4.34 Å². The standard InChI is InChI=1S/C13H20N4O4S2/c1-3-21-9(18)8-22-12-17-16-11(23-12)15-10(19)13(20-2)4-6-14-7-5-13/h14H,3-8H2,1-2H3,(H,15,16,19). The number of carbonyl (C=O) groups excluding carboxylic acids is 2. The maximum atomic E-state index is 12.5. The van der Waals surface area contributed by atoms with Crippen LogP contribution in [-0.2, 0) is 19.1 Å². The lowest BCUT2D eigenvalue weighted by atomic mass is 9.91. The minimum atomic E-state index is -0.824. The number of carbonyl (C=O) groups is 2. The molecule has 1 aromatic rings. The van der Waals surface area contributed by atoms with Crippen molar-refractivity contribution >= 4 is 40.1 Å². The summed E-state index contributed by atoms with van der Waals surface area (Å²) >= 11 is 2.46. The van der Waals surface area contributed by atoms with E-state index in [0.717, 1.165) is 13.1 Å². The smallest absolute Gasteiger partial charge is 0.316 e. The van der Waals surface area contributed by atoms with Gasteiger partial charge in [0.05, 0.1) is 12.4 Å². The molecule has 0 atom stereocenters. The molecule has 0 saturated carbocycles. The summed E-state index contributed by atoms with van der Waals surface area (Å²) in [6, 6.07) is 0. The Morgan fingerprint density at radius 1 is 1.39 bits per heavy atom. The molecule has 0 radical (unpaired) electrons. The molecule has 128 valence electrons. The highest BCUT2D eigenvalue weighted by atomic mass is 32.2. The summed E-state index contributed by atoms with van der Waals surface area (Å²) < 4.78 is 10.9. The zero-order valence-electron chi connectivity index (χ0n) is 13.1. The van der Waals surface area contributed by atoms with Crippen molar-refractivity contribution in [2.45, 2.75) is 29.7 Å². The van der Waals surface area contributed by atoms with Gasteiger partial charge in [0.1, 0.15) is 5.60 Å². The van der Waals surface area contributed by atoms with Crippen LogP contribution in [0.1, 0.15) is 19.8 Å². The van der Waals surface area contributed by atoms with Gasteiger partial charge in [-0.3, -0.25) is 14.9 Å². The summed E-state index contributed by atoms with van der Waals surface area (Å²) in [7, 11) is 1.55. The van der Waals surface area contributed by atoms with Crippen molar-refractivity contribution < 1.29 is 19.1 Å². The quantitative estimate of drug-likeness (QED) is 0.420. The van der Waals surface area contributed by atoms with Crippen molar-refractivity contribution in [2.24, 2.45) is 0 Å². The largest absolute Gasteiger partial charge is 0.465 e. The van der Waals surface area contributed by atoms with E-state index >= 15 is 0 Å². The van der Waals surface area contributed by atoms with E-state index in [-0.39, 0.29) is 17.6 Å². The highest BCUT2D eigenvalue weighted by molar-refractivity contribution is 8.01. The van der Waals surface area contributed by atoms with Crippen LogP contribution in [0.25, 0.3) is 0 Å². The van der Waals surface area contributed by atoms with E-state index in [1.54, 1.807) is 14.0 Å². The van der Waals surface area contributed by atoms with E-state index in [9.17, 15) is 9.59 Å². The van der Waals surface area contributed by atoms with Gasteiger partial charge in [0.15, 0.2) is 4.34 Å². The topological polar surface area (TPSA) is 102 Å². The number of esters is 1. The summed E-state index contributed by atoms with van der Waals surface area (Å²) in [6.45, 7) is 3.58. The molecule has 0 aromatic carbocycles. The first kappa shape index (κ1) is 18.1. The maximum Gasteiger partial charge on any atom is 0.316 e. The molecule has 0 unspecified atom stereocenters. The second-order valence-electron chi connectivity index (χ2n) is 4.87. The Balaban J connectivity index is 1.90. The van der Waals surface area contributed by atoms with Gasteiger partial charge in [0.25, 0.3) is 5.91 Å². The number of methoxy groups -OCH3 is 1. The van der Waals surface area contributed by atoms with Gasteiger partial charge in [-0.1, -0.05) is 23.1 Å². The lowest BCUT2D eigenvalue weighted by Gasteiger charge is -2.34. The number of amides is 1. The number of hydrogen-bond donors (Lipinski definition) is 2. The van der Waals surface area contributed by atoms with Crippen molar-refractivity contribution in [3.05, 3.63) is 0 Å². The molecule has 2 heterocycles. The van der Waals surface area contributed by atoms with Crippen LogP contribution in [0, 0.1) is 0 Å². The normalized spacial score (nSPS) is 16.8. The van der Waals surface area contributed by atoms with Crippen molar-refractivity contribution in [2.75, 3.05) is 37.9 Å². The van der Waals surface area contributed by atoms with Gasteiger partial charge in [-0.05, 0) is 32.9 Å². The van der Waals surface area contributed by atoms with Crippen molar-refractivity contribution in [1.82, 2.24) is 15.5 Å². The van der Waals surface area contributed by atoms with E-state index in [1.165, 1.54) is 23.1 Å². The van der Waals surface area contributed by atoms with E-state index in [1.807, 2.05) is 0 Å². The van der Waals surface area contributed by atoms with E-state index in [2.05, 4.69) is 20.8 Å². The fourth-order valence-corrected chi connectivity index (χ4v) is 3.75. The molecule has 23 heavy (non-hydrogen) atoms.